The van der Waals surface area contributed by atoms with Gasteiger partial charge in [-0.3, -0.25) is 23.7 Å². The maximum atomic E-state index is 13.6. The van der Waals surface area contributed by atoms with Gasteiger partial charge >= 0.3 is 25.5 Å². The Morgan fingerprint density at radius 1 is 0.841 bits per heavy atom. The van der Waals surface area contributed by atoms with Crippen LogP contribution in [-0.4, -0.2) is 75.3 Å². The number of ether oxygens (including phenoxy) is 2. The van der Waals surface area contributed by atoms with Gasteiger partial charge in [0.2, 0.25) is 5.91 Å². The van der Waals surface area contributed by atoms with Crippen LogP contribution in [0.2, 0.25) is 0 Å². The van der Waals surface area contributed by atoms with E-state index in [1.165, 1.54) is 0 Å². The average molecular weight is 635 g/mol. The van der Waals surface area contributed by atoms with Crippen molar-refractivity contribution in [3.8, 4) is 11.1 Å². The Hall–Kier alpha value is -3.57. The van der Waals surface area contributed by atoms with Gasteiger partial charge in [0.25, 0.3) is 0 Å². The molecule has 0 aliphatic rings. The number of rotatable bonds is 14. The monoisotopic (exact) mass is 634 g/mol. The molecule has 2 atom stereocenters. The van der Waals surface area contributed by atoms with E-state index in [2.05, 4.69) is 5.32 Å². The zero-order valence-corrected chi connectivity index (χ0v) is 26.9. The molecule has 0 radical (unpaired) electrons. The molecular formula is C31H43N2O10P. The van der Waals surface area contributed by atoms with E-state index in [9.17, 15) is 33.5 Å². The Bertz CT molecular complexity index is 1330. The number of carboxylic acid groups (broad SMARTS) is 1. The van der Waals surface area contributed by atoms with Crippen LogP contribution in [-0.2, 0) is 39.6 Å². The van der Waals surface area contributed by atoms with E-state index in [0.29, 0.717) is 5.56 Å². The minimum atomic E-state index is -5.15. The number of benzene rings is 2. The van der Waals surface area contributed by atoms with Crippen molar-refractivity contribution in [2.75, 3.05) is 19.9 Å². The third-order valence-electron chi connectivity index (χ3n) is 6.54. The molecule has 44 heavy (non-hydrogen) atoms. The first kappa shape index (κ1) is 36.6. The predicted octanol–water partition coefficient (Wildman–Crippen LogP) is 3.80. The minimum Gasteiger partial charge on any atom is -0.481 e. The van der Waals surface area contributed by atoms with Crippen LogP contribution < -0.4 is 5.32 Å². The molecule has 0 aliphatic carbocycles. The van der Waals surface area contributed by atoms with E-state index >= 15 is 0 Å². The van der Waals surface area contributed by atoms with Crippen molar-refractivity contribution in [1.29, 1.82) is 0 Å². The topological polar surface area (TPSA) is 180 Å². The Morgan fingerprint density at radius 3 is 1.86 bits per heavy atom. The summed E-state index contributed by atoms with van der Waals surface area (Å²) in [7, 11) is -5.15. The number of nitrogens with one attached hydrogen (secondary N) is 1. The van der Waals surface area contributed by atoms with Crippen LogP contribution in [0.1, 0.15) is 53.5 Å². The molecule has 0 fully saturated rings. The lowest BCUT2D eigenvalue weighted by atomic mass is 9.97. The highest BCUT2D eigenvalue weighted by Crippen LogP contribution is 2.44. The number of carbonyl (C=O) groups excluding carboxylic acids is 3. The van der Waals surface area contributed by atoms with Gasteiger partial charge in [0.05, 0.1) is 23.3 Å². The SMILES string of the molecule is CC(C)(C)C(=O)OCC(N(COC(=O)C(C)(C)C)C(Cc1ccc(-c2ccccc2)cc1)C(=O)NCCC(=O)O)P(=O)(O)O. The fourth-order valence-electron chi connectivity index (χ4n) is 3.94. The van der Waals surface area contributed by atoms with Crippen molar-refractivity contribution in [3.05, 3.63) is 60.2 Å². The molecule has 2 aromatic rings. The Kier molecular flexibility index (Phi) is 12.8. The molecule has 2 aromatic carbocycles. The van der Waals surface area contributed by atoms with Gasteiger partial charge in [0.1, 0.15) is 13.3 Å². The van der Waals surface area contributed by atoms with E-state index in [4.69, 9.17) is 14.6 Å². The first-order valence-corrected chi connectivity index (χ1v) is 15.8. The number of nitrogens with zero attached hydrogens (tertiary/aromatic N) is 1. The van der Waals surface area contributed by atoms with Crippen LogP contribution in [0.25, 0.3) is 11.1 Å². The second-order valence-electron chi connectivity index (χ2n) is 12.5. The van der Waals surface area contributed by atoms with Crippen LogP contribution >= 0.6 is 7.60 Å². The Morgan fingerprint density at radius 2 is 1.36 bits per heavy atom. The normalized spacial score (nSPS) is 13.6. The molecular weight excluding hydrogens is 591 g/mol. The van der Waals surface area contributed by atoms with E-state index in [1.54, 1.807) is 53.7 Å². The summed E-state index contributed by atoms with van der Waals surface area (Å²) in [6.07, 6.45) is -0.501. The first-order chi connectivity index (χ1) is 20.3. The predicted molar refractivity (Wildman–Crippen MR) is 163 cm³/mol. The average Bonchev–Trinajstić information content (AvgIpc) is 2.92. The summed E-state index contributed by atoms with van der Waals surface area (Å²) in [5.74, 6) is -5.22. The van der Waals surface area contributed by atoms with Crippen molar-refractivity contribution >= 4 is 31.4 Å². The lowest BCUT2D eigenvalue weighted by molar-refractivity contribution is -0.164. The number of amides is 1. The summed E-state index contributed by atoms with van der Waals surface area (Å²) in [5, 5.41) is 11.6. The maximum absolute atomic E-state index is 13.6. The maximum Gasteiger partial charge on any atom is 0.346 e. The number of carbonyl (C=O) groups is 4. The summed E-state index contributed by atoms with van der Waals surface area (Å²) in [6, 6.07) is 15.4. The van der Waals surface area contributed by atoms with Gasteiger partial charge < -0.3 is 29.7 Å². The first-order valence-electron chi connectivity index (χ1n) is 14.1. The Balaban J connectivity index is 2.55. The minimum absolute atomic E-state index is 0.106. The molecule has 1 amide bonds. The standard InChI is InChI=1S/C31H43N2O10P/c1-30(2,3)28(37)42-19-25(44(39,40)41)33(20-43-29(38)31(4,5)6)24(27(36)32-17-16-26(34)35)18-21-12-14-23(15-13-21)22-10-8-7-9-11-22/h7-15,24-25H,16-20H2,1-6H3,(H,32,36)(H,34,35)(H2,39,40,41). The molecule has 12 nitrogen and oxygen atoms in total. The highest BCUT2D eigenvalue weighted by atomic mass is 31.2. The summed E-state index contributed by atoms with van der Waals surface area (Å²) in [6.45, 7) is 7.71. The number of hydrogen-bond acceptors (Lipinski definition) is 8. The van der Waals surface area contributed by atoms with E-state index in [-0.39, 0.29) is 13.0 Å². The molecule has 2 rings (SSSR count). The van der Waals surface area contributed by atoms with Crippen molar-refractivity contribution in [2.24, 2.45) is 10.8 Å². The summed E-state index contributed by atoms with van der Waals surface area (Å²) in [4.78, 5) is 71.8. The fourth-order valence-corrected chi connectivity index (χ4v) is 4.83. The van der Waals surface area contributed by atoms with Crippen LogP contribution in [0.3, 0.4) is 0 Å². The summed E-state index contributed by atoms with van der Waals surface area (Å²) in [5.41, 5.74) is 0.493. The van der Waals surface area contributed by atoms with Gasteiger partial charge in [0, 0.05) is 6.54 Å². The number of aliphatic carboxylic acids is 1. The fraction of sp³-hybridized carbons (Fsp3) is 0.484. The van der Waals surface area contributed by atoms with E-state index in [0.717, 1.165) is 16.0 Å². The third-order valence-corrected chi connectivity index (χ3v) is 7.76. The van der Waals surface area contributed by atoms with Gasteiger partial charge in [-0.05, 0) is 64.7 Å². The zero-order valence-electron chi connectivity index (χ0n) is 26.0. The van der Waals surface area contributed by atoms with Gasteiger partial charge in [-0.2, -0.15) is 0 Å². The highest BCUT2D eigenvalue weighted by molar-refractivity contribution is 7.52. The molecule has 13 heteroatoms. The van der Waals surface area contributed by atoms with Crippen molar-refractivity contribution in [2.45, 2.75) is 66.2 Å². The van der Waals surface area contributed by atoms with Crippen molar-refractivity contribution < 1.29 is 48.1 Å². The van der Waals surface area contributed by atoms with Gasteiger partial charge in [-0.1, -0.05) is 54.6 Å². The zero-order chi connectivity index (χ0) is 33.3. The molecule has 0 heterocycles. The molecule has 0 aliphatic heterocycles. The van der Waals surface area contributed by atoms with Gasteiger partial charge in [-0.25, -0.2) is 4.90 Å². The molecule has 242 valence electrons. The largest absolute Gasteiger partial charge is 0.481 e. The Labute approximate surface area is 257 Å². The number of hydrogen-bond donors (Lipinski definition) is 4. The van der Waals surface area contributed by atoms with Crippen LogP contribution in [0.5, 0.6) is 0 Å². The number of carboxylic acids is 1. The van der Waals surface area contributed by atoms with E-state index < -0.39 is 73.8 Å². The van der Waals surface area contributed by atoms with Gasteiger partial charge in [0.15, 0.2) is 5.78 Å². The number of esters is 2. The quantitative estimate of drug-likeness (QED) is 0.135. The molecule has 0 aromatic heterocycles. The molecule has 0 saturated heterocycles. The van der Waals surface area contributed by atoms with Crippen LogP contribution in [0.15, 0.2) is 54.6 Å². The van der Waals surface area contributed by atoms with Crippen molar-refractivity contribution in [3.63, 3.8) is 0 Å². The van der Waals surface area contributed by atoms with E-state index in [1.807, 2.05) is 42.5 Å². The third kappa shape index (κ3) is 11.5. The molecule has 2 unspecified atom stereocenters. The summed E-state index contributed by atoms with van der Waals surface area (Å²) < 4.78 is 23.6. The molecule has 4 N–H and O–H groups in total. The second kappa shape index (κ2) is 15.4. The molecule has 0 saturated carbocycles. The lowest BCUT2D eigenvalue weighted by Crippen LogP contribution is -2.55. The van der Waals surface area contributed by atoms with Gasteiger partial charge in [-0.15, -0.1) is 0 Å². The smallest absolute Gasteiger partial charge is 0.346 e. The van der Waals surface area contributed by atoms with Crippen LogP contribution in [0.4, 0.5) is 0 Å². The molecule has 0 spiro atoms. The second-order valence-corrected chi connectivity index (χ2v) is 14.2. The van der Waals surface area contributed by atoms with Crippen LogP contribution in [0, 0.1) is 10.8 Å². The lowest BCUT2D eigenvalue weighted by Gasteiger charge is -2.37. The summed E-state index contributed by atoms with van der Waals surface area (Å²) >= 11 is 0. The molecule has 0 bridgehead atoms. The van der Waals surface area contributed by atoms with Crippen molar-refractivity contribution in [1.82, 2.24) is 10.2 Å². The highest BCUT2D eigenvalue weighted by Gasteiger charge is 2.43.